The fourth-order valence-corrected chi connectivity index (χ4v) is 6.24. The lowest BCUT2D eigenvalue weighted by Crippen LogP contribution is -2.44. The standard InChI is InChI=1S/C24H29N3O4S2.2ClH/c1-31-17-3-4-21-19(14-17)18(6-8-25-21)22(28)5-2-16-7-10-27(15-20(16)23(29)30)11-13-33-24-26-9-12-32-24;;/h3-4,6,8-9,12,14,16,20,22,28H,2,5,7,10-11,13,15H2,1H3,(H,29,30);2*1H. The number of carbonyl (C=O) groups is 1. The lowest BCUT2D eigenvalue weighted by Gasteiger charge is -2.36. The largest absolute Gasteiger partial charge is 0.497 e. The Hall–Kier alpha value is -1.62. The van der Waals surface area contributed by atoms with E-state index in [0.717, 1.165) is 51.8 Å². The molecular formula is C24H31Cl2N3O4S2. The number of piperidine rings is 1. The minimum absolute atomic E-state index is 0. The average molecular weight is 561 g/mol. The van der Waals surface area contributed by atoms with Gasteiger partial charge in [-0.15, -0.1) is 36.2 Å². The number of aliphatic carboxylic acids is 1. The predicted molar refractivity (Wildman–Crippen MR) is 145 cm³/mol. The summed E-state index contributed by atoms with van der Waals surface area (Å²) in [7, 11) is 1.61. The number of hydrogen-bond acceptors (Lipinski definition) is 8. The van der Waals surface area contributed by atoms with Crippen LogP contribution in [0.5, 0.6) is 5.75 Å². The molecule has 1 aromatic carbocycles. The van der Waals surface area contributed by atoms with Gasteiger partial charge in [-0.25, -0.2) is 4.98 Å². The molecule has 7 nitrogen and oxygen atoms in total. The number of likely N-dealkylation sites (tertiary alicyclic amines) is 1. The molecule has 1 saturated heterocycles. The molecular weight excluding hydrogens is 529 g/mol. The fourth-order valence-electron chi connectivity index (χ4n) is 4.53. The highest BCUT2D eigenvalue weighted by atomic mass is 35.5. The van der Waals surface area contributed by atoms with Crippen LogP contribution in [0.3, 0.4) is 0 Å². The second-order valence-electron chi connectivity index (χ2n) is 8.32. The molecule has 1 fully saturated rings. The van der Waals surface area contributed by atoms with Gasteiger partial charge in [-0.2, -0.15) is 0 Å². The maximum Gasteiger partial charge on any atom is 0.308 e. The van der Waals surface area contributed by atoms with Crippen LogP contribution in [0.2, 0.25) is 0 Å². The highest BCUT2D eigenvalue weighted by Gasteiger charge is 2.34. The first-order valence-electron chi connectivity index (χ1n) is 11.1. The SMILES string of the molecule is COc1ccc2nccc(C(O)CCC3CCN(CCSc4nccs4)CC3C(=O)O)c2c1.Cl.Cl. The van der Waals surface area contributed by atoms with Gasteiger partial charge in [0.15, 0.2) is 0 Å². The number of halogens is 2. The summed E-state index contributed by atoms with van der Waals surface area (Å²) in [6.45, 7) is 2.30. The molecule has 1 aliphatic heterocycles. The van der Waals surface area contributed by atoms with Crippen molar-refractivity contribution in [3.8, 4) is 5.75 Å². The minimum Gasteiger partial charge on any atom is -0.497 e. The molecule has 0 saturated carbocycles. The minimum atomic E-state index is -0.745. The quantitative estimate of drug-likeness (QED) is 0.328. The van der Waals surface area contributed by atoms with E-state index in [4.69, 9.17) is 4.74 Å². The molecule has 2 N–H and O–H groups in total. The van der Waals surface area contributed by atoms with Gasteiger partial charge in [0, 0.05) is 42.0 Å². The highest BCUT2D eigenvalue weighted by molar-refractivity contribution is 8.01. The summed E-state index contributed by atoms with van der Waals surface area (Å²) in [5.41, 5.74) is 1.61. The first-order chi connectivity index (χ1) is 16.0. The lowest BCUT2D eigenvalue weighted by atomic mass is 9.81. The number of aliphatic hydroxyl groups excluding tert-OH is 1. The van der Waals surface area contributed by atoms with Crippen LogP contribution in [0.1, 0.15) is 30.9 Å². The number of pyridine rings is 1. The molecule has 11 heteroatoms. The van der Waals surface area contributed by atoms with E-state index in [-0.39, 0.29) is 30.7 Å². The average Bonchev–Trinajstić information content (AvgIpc) is 3.35. The van der Waals surface area contributed by atoms with Crippen LogP contribution in [0, 0.1) is 11.8 Å². The van der Waals surface area contributed by atoms with E-state index in [1.165, 1.54) is 0 Å². The third kappa shape index (κ3) is 7.68. The maximum atomic E-state index is 12.0. The zero-order valence-electron chi connectivity index (χ0n) is 19.4. The van der Waals surface area contributed by atoms with Crippen LogP contribution in [-0.2, 0) is 4.79 Å². The third-order valence-electron chi connectivity index (χ3n) is 6.35. The smallest absolute Gasteiger partial charge is 0.308 e. The summed E-state index contributed by atoms with van der Waals surface area (Å²) in [6.07, 6.45) is 4.85. The van der Waals surface area contributed by atoms with Gasteiger partial charge in [-0.05, 0) is 61.6 Å². The lowest BCUT2D eigenvalue weighted by molar-refractivity contribution is -0.146. The number of thiazole rings is 1. The Morgan fingerprint density at radius 2 is 2.11 bits per heavy atom. The van der Waals surface area contributed by atoms with Crippen molar-refractivity contribution < 1.29 is 19.7 Å². The van der Waals surface area contributed by atoms with E-state index in [2.05, 4.69) is 14.9 Å². The molecule has 0 bridgehead atoms. The summed E-state index contributed by atoms with van der Waals surface area (Å²) >= 11 is 3.35. The number of carboxylic acid groups (broad SMARTS) is 1. The van der Waals surface area contributed by atoms with Crippen LogP contribution >= 0.6 is 47.9 Å². The Morgan fingerprint density at radius 3 is 2.83 bits per heavy atom. The van der Waals surface area contributed by atoms with Gasteiger partial charge in [0.1, 0.15) is 10.1 Å². The number of carboxylic acids is 1. The van der Waals surface area contributed by atoms with E-state index in [0.29, 0.717) is 19.4 Å². The van der Waals surface area contributed by atoms with Gasteiger partial charge >= 0.3 is 5.97 Å². The monoisotopic (exact) mass is 559 g/mol. The molecule has 3 unspecified atom stereocenters. The molecule has 3 heterocycles. The van der Waals surface area contributed by atoms with Crippen molar-refractivity contribution in [3.05, 3.63) is 47.6 Å². The van der Waals surface area contributed by atoms with E-state index < -0.39 is 18.0 Å². The van der Waals surface area contributed by atoms with E-state index in [9.17, 15) is 15.0 Å². The van der Waals surface area contributed by atoms with Crippen LogP contribution in [-0.4, -0.2) is 63.5 Å². The molecule has 3 aromatic rings. The van der Waals surface area contributed by atoms with Gasteiger partial charge in [0.2, 0.25) is 0 Å². The maximum absolute atomic E-state index is 12.0. The number of thioether (sulfide) groups is 1. The van der Waals surface area contributed by atoms with Crippen molar-refractivity contribution in [2.24, 2.45) is 11.8 Å². The summed E-state index contributed by atoms with van der Waals surface area (Å²) < 4.78 is 6.38. The molecule has 1 aliphatic rings. The topological polar surface area (TPSA) is 95.8 Å². The number of hydrogen-bond donors (Lipinski definition) is 2. The molecule has 0 radical (unpaired) electrons. The highest BCUT2D eigenvalue weighted by Crippen LogP contribution is 2.34. The van der Waals surface area contributed by atoms with Crippen molar-refractivity contribution in [2.45, 2.75) is 29.7 Å². The van der Waals surface area contributed by atoms with E-state index in [1.807, 2.05) is 29.6 Å². The molecule has 0 spiro atoms. The Bertz CT molecular complexity index is 1070. The van der Waals surface area contributed by atoms with Crippen LogP contribution < -0.4 is 4.74 Å². The zero-order chi connectivity index (χ0) is 23.2. The summed E-state index contributed by atoms with van der Waals surface area (Å²) in [6, 6.07) is 7.46. The zero-order valence-corrected chi connectivity index (χ0v) is 22.7. The molecule has 192 valence electrons. The van der Waals surface area contributed by atoms with E-state index in [1.54, 1.807) is 42.6 Å². The molecule has 2 aromatic heterocycles. The summed E-state index contributed by atoms with van der Waals surface area (Å²) in [5.74, 6) is 0.524. The second-order valence-corrected chi connectivity index (χ2v) is 10.6. The Morgan fingerprint density at radius 1 is 1.29 bits per heavy atom. The number of benzene rings is 1. The van der Waals surface area contributed by atoms with Gasteiger partial charge in [-0.3, -0.25) is 9.78 Å². The van der Waals surface area contributed by atoms with Crippen molar-refractivity contribution in [1.82, 2.24) is 14.9 Å². The summed E-state index contributed by atoms with van der Waals surface area (Å²) in [4.78, 5) is 22.9. The van der Waals surface area contributed by atoms with Gasteiger partial charge in [0.05, 0.1) is 24.6 Å². The van der Waals surface area contributed by atoms with Crippen molar-refractivity contribution >= 4 is 64.8 Å². The Labute approximate surface area is 226 Å². The number of aromatic nitrogens is 2. The van der Waals surface area contributed by atoms with Gasteiger partial charge < -0.3 is 19.8 Å². The first-order valence-corrected chi connectivity index (χ1v) is 13.0. The number of fused-ring (bicyclic) bond motifs is 1. The molecule has 3 atom stereocenters. The Balaban J connectivity index is 0.00000216. The third-order valence-corrected chi connectivity index (χ3v) is 8.30. The van der Waals surface area contributed by atoms with Gasteiger partial charge in [0.25, 0.3) is 0 Å². The first kappa shape index (κ1) is 29.6. The van der Waals surface area contributed by atoms with Crippen molar-refractivity contribution in [3.63, 3.8) is 0 Å². The number of rotatable bonds is 10. The van der Waals surface area contributed by atoms with Gasteiger partial charge in [-0.1, -0.05) is 11.8 Å². The number of ether oxygens (including phenoxy) is 1. The molecule has 0 aliphatic carbocycles. The van der Waals surface area contributed by atoms with Crippen LogP contribution in [0.15, 0.2) is 46.4 Å². The second kappa shape index (κ2) is 14.2. The number of aliphatic hydroxyl groups is 1. The Kier molecular flexibility index (Phi) is 12.0. The summed E-state index contributed by atoms with van der Waals surface area (Å²) in [5, 5.41) is 23.7. The number of nitrogens with zero attached hydrogens (tertiary/aromatic N) is 3. The van der Waals surface area contributed by atoms with Crippen molar-refractivity contribution in [2.75, 3.05) is 32.5 Å². The predicted octanol–water partition coefficient (Wildman–Crippen LogP) is 5.17. The van der Waals surface area contributed by atoms with E-state index >= 15 is 0 Å². The molecule has 4 rings (SSSR count). The van der Waals surface area contributed by atoms with Crippen LogP contribution in [0.4, 0.5) is 0 Å². The molecule has 35 heavy (non-hydrogen) atoms. The number of methoxy groups -OCH3 is 1. The van der Waals surface area contributed by atoms with Crippen LogP contribution in [0.25, 0.3) is 10.9 Å². The fraction of sp³-hybridized carbons (Fsp3) is 0.458. The van der Waals surface area contributed by atoms with Crippen molar-refractivity contribution in [1.29, 1.82) is 0 Å². The normalized spacial score (nSPS) is 18.9. The molecule has 0 amide bonds.